The van der Waals surface area contributed by atoms with Gasteiger partial charge in [-0.25, -0.2) is 0 Å². The van der Waals surface area contributed by atoms with Crippen molar-refractivity contribution in [2.24, 2.45) is 11.8 Å². The Morgan fingerprint density at radius 3 is 1.46 bits per heavy atom. The second-order valence-electron chi connectivity index (χ2n) is 16.8. The summed E-state index contributed by atoms with van der Waals surface area (Å²) in [5, 5.41) is 19.8. The number of aliphatic hydroxyl groups is 2. The fraction of sp³-hybridized carbons (Fsp3) is 0.978. The van der Waals surface area contributed by atoms with Gasteiger partial charge in [-0.05, 0) is 76.3 Å². The predicted octanol–water partition coefficient (Wildman–Crippen LogP) is 11.8. The maximum Gasteiger partial charge on any atom is 0.305 e. The van der Waals surface area contributed by atoms with E-state index < -0.39 is 6.29 Å². The summed E-state index contributed by atoms with van der Waals surface area (Å²) in [4.78, 5) is 14.8. The maximum absolute atomic E-state index is 12.5. The highest BCUT2D eigenvalue weighted by Gasteiger charge is 2.13. The first-order valence-electron chi connectivity index (χ1n) is 23.3. The lowest BCUT2D eigenvalue weighted by Crippen LogP contribution is -2.29. The van der Waals surface area contributed by atoms with Gasteiger partial charge in [0.25, 0.3) is 0 Å². The SMILES string of the molecule is CCCCCCCCCCCCOC(O)CCCCN(CCO)CCCCCC(=O)OCCC(OCCCCCCC(C)C)OCCCCCCC(C)C. The molecule has 0 radical (unpaired) electrons. The second kappa shape index (κ2) is 41.9. The van der Waals surface area contributed by atoms with Crippen LogP contribution in [0.2, 0.25) is 0 Å². The van der Waals surface area contributed by atoms with E-state index in [0.29, 0.717) is 52.2 Å². The van der Waals surface area contributed by atoms with Crippen molar-refractivity contribution < 1.29 is 34.0 Å². The Kier molecular flexibility index (Phi) is 41.3. The Labute approximate surface area is 335 Å². The largest absolute Gasteiger partial charge is 0.465 e. The van der Waals surface area contributed by atoms with E-state index in [4.69, 9.17) is 18.9 Å². The zero-order valence-electron chi connectivity index (χ0n) is 36.6. The summed E-state index contributed by atoms with van der Waals surface area (Å²) in [5.74, 6) is 1.39. The van der Waals surface area contributed by atoms with E-state index >= 15 is 0 Å². The number of nitrogens with zero attached hydrogens (tertiary/aromatic N) is 1. The summed E-state index contributed by atoms with van der Waals surface area (Å²) in [6.07, 6.45) is 30.3. The minimum Gasteiger partial charge on any atom is -0.465 e. The topological polar surface area (TPSA) is 97.7 Å². The third-order valence-corrected chi connectivity index (χ3v) is 10.3. The minimum atomic E-state index is -0.677. The molecule has 0 bridgehead atoms. The molecule has 0 aliphatic heterocycles. The molecular weight excluding hydrogens is 679 g/mol. The van der Waals surface area contributed by atoms with Gasteiger partial charge in [-0.1, -0.05) is 150 Å². The normalized spacial score (nSPS) is 12.6. The molecule has 1 atom stereocenters. The molecule has 324 valence electrons. The van der Waals surface area contributed by atoms with Crippen LogP contribution in [0.4, 0.5) is 0 Å². The number of esters is 1. The van der Waals surface area contributed by atoms with E-state index in [1.165, 1.54) is 109 Å². The van der Waals surface area contributed by atoms with E-state index in [-0.39, 0.29) is 18.9 Å². The average molecular weight is 772 g/mol. The number of carbonyl (C=O) groups excluding carboxylic acids is 1. The smallest absolute Gasteiger partial charge is 0.305 e. The van der Waals surface area contributed by atoms with Crippen molar-refractivity contribution in [3.63, 3.8) is 0 Å². The van der Waals surface area contributed by atoms with Crippen LogP contribution in [0.1, 0.15) is 214 Å². The molecule has 8 nitrogen and oxygen atoms in total. The Bertz CT molecular complexity index is 731. The number of unbranched alkanes of at least 4 members (excludes halogenated alkanes) is 18. The first-order chi connectivity index (χ1) is 26.3. The number of hydrogen-bond acceptors (Lipinski definition) is 8. The van der Waals surface area contributed by atoms with Crippen LogP contribution in [0, 0.1) is 11.8 Å². The van der Waals surface area contributed by atoms with Gasteiger partial charge in [0.05, 0.1) is 13.2 Å². The maximum atomic E-state index is 12.5. The van der Waals surface area contributed by atoms with Gasteiger partial charge < -0.3 is 34.1 Å². The third kappa shape index (κ3) is 40.9. The molecule has 2 N–H and O–H groups in total. The Hall–Kier alpha value is -0.770. The zero-order chi connectivity index (χ0) is 39.7. The fourth-order valence-corrected chi connectivity index (χ4v) is 6.81. The third-order valence-electron chi connectivity index (χ3n) is 10.3. The van der Waals surface area contributed by atoms with Gasteiger partial charge >= 0.3 is 5.97 Å². The van der Waals surface area contributed by atoms with Gasteiger partial charge in [0.2, 0.25) is 0 Å². The average Bonchev–Trinajstić information content (AvgIpc) is 3.14. The highest BCUT2D eigenvalue weighted by Crippen LogP contribution is 2.14. The van der Waals surface area contributed by atoms with Crippen molar-refractivity contribution in [2.75, 3.05) is 52.7 Å². The van der Waals surface area contributed by atoms with Crippen molar-refractivity contribution in [3.8, 4) is 0 Å². The molecule has 0 fully saturated rings. The van der Waals surface area contributed by atoms with E-state index in [9.17, 15) is 15.0 Å². The lowest BCUT2D eigenvalue weighted by molar-refractivity contribution is -0.161. The molecule has 0 aromatic carbocycles. The number of rotatable bonds is 44. The molecule has 0 aromatic heterocycles. The van der Waals surface area contributed by atoms with E-state index in [1.54, 1.807) is 0 Å². The molecule has 0 spiro atoms. The van der Waals surface area contributed by atoms with Crippen molar-refractivity contribution in [1.82, 2.24) is 4.90 Å². The fourth-order valence-electron chi connectivity index (χ4n) is 6.81. The van der Waals surface area contributed by atoms with Crippen molar-refractivity contribution in [1.29, 1.82) is 0 Å². The monoisotopic (exact) mass is 772 g/mol. The Morgan fingerprint density at radius 2 is 0.944 bits per heavy atom. The summed E-state index contributed by atoms with van der Waals surface area (Å²) in [6, 6.07) is 0. The molecule has 54 heavy (non-hydrogen) atoms. The van der Waals surface area contributed by atoms with Crippen molar-refractivity contribution in [3.05, 3.63) is 0 Å². The van der Waals surface area contributed by atoms with Gasteiger partial charge in [-0.15, -0.1) is 0 Å². The van der Waals surface area contributed by atoms with Crippen LogP contribution in [0.5, 0.6) is 0 Å². The lowest BCUT2D eigenvalue weighted by atomic mass is 10.0. The van der Waals surface area contributed by atoms with Crippen LogP contribution in [-0.2, 0) is 23.7 Å². The second-order valence-corrected chi connectivity index (χ2v) is 16.8. The molecule has 8 heteroatoms. The van der Waals surface area contributed by atoms with Gasteiger partial charge in [0, 0.05) is 39.2 Å². The van der Waals surface area contributed by atoms with Crippen molar-refractivity contribution in [2.45, 2.75) is 227 Å². The molecule has 0 saturated heterocycles. The molecule has 1 unspecified atom stereocenters. The lowest BCUT2D eigenvalue weighted by Gasteiger charge is -2.21. The molecule has 0 aromatic rings. The number of carbonyl (C=O) groups is 1. The van der Waals surface area contributed by atoms with Crippen LogP contribution in [0.15, 0.2) is 0 Å². The van der Waals surface area contributed by atoms with Crippen molar-refractivity contribution >= 4 is 5.97 Å². The number of ether oxygens (including phenoxy) is 4. The molecule has 0 aliphatic carbocycles. The van der Waals surface area contributed by atoms with Gasteiger partial charge in [0.15, 0.2) is 12.6 Å². The van der Waals surface area contributed by atoms with E-state index in [2.05, 4.69) is 39.5 Å². The molecule has 0 heterocycles. The van der Waals surface area contributed by atoms with Crippen LogP contribution in [-0.4, -0.2) is 86.3 Å². The highest BCUT2D eigenvalue weighted by atomic mass is 16.7. The summed E-state index contributed by atoms with van der Waals surface area (Å²) < 4.78 is 23.4. The molecule has 0 amide bonds. The first kappa shape index (κ1) is 53.2. The van der Waals surface area contributed by atoms with Gasteiger partial charge in [-0.3, -0.25) is 4.79 Å². The van der Waals surface area contributed by atoms with Crippen LogP contribution in [0.3, 0.4) is 0 Å². The van der Waals surface area contributed by atoms with Gasteiger partial charge in [-0.2, -0.15) is 0 Å². The summed E-state index contributed by atoms with van der Waals surface area (Å²) >= 11 is 0. The van der Waals surface area contributed by atoms with Crippen LogP contribution < -0.4 is 0 Å². The summed E-state index contributed by atoms with van der Waals surface area (Å²) in [7, 11) is 0. The van der Waals surface area contributed by atoms with E-state index in [1.807, 2.05) is 0 Å². The predicted molar refractivity (Wildman–Crippen MR) is 227 cm³/mol. The van der Waals surface area contributed by atoms with Crippen LogP contribution in [0.25, 0.3) is 0 Å². The Morgan fingerprint density at radius 1 is 0.500 bits per heavy atom. The standard InChI is InChI=1S/C46H93NO7/c1-6-7-8-9-10-11-12-13-16-26-38-51-44(49)32-23-25-35-47(36-37-48)34-24-19-22-31-45(50)52-41-33-46(53-39-27-17-14-20-29-42(2)3)54-40-28-18-15-21-30-43(4)5/h42-44,46,48-49H,6-41H2,1-5H3. The Balaban J connectivity index is 4.07. The van der Waals surface area contributed by atoms with Gasteiger partial charge in [0.1, 0.15) is 0 Å². The van der Waals surface area contributed by atoms with Crippen LogP contribution >= 0.6 is 0 Å². The number of hydrogen-bond donors (Lipinski definition) is 2. The van der Waals surface area contributed by atoms with E-state index in [0.717, 1.165) is 76.3 Å². The summed E-state index contributed by atoms with van der Waals surface area (Å²) in [6.45, 7) is 16.3. The minimum absolute atomic E-state index is 0.141. The highest BCUT2D eigenvalue weighted by molar-refractivity contribution is 5.69. The number of aliphatic hydroxyl groups excluding tert-OH is 2. The first-order valence-corrected chi connectivity index (χ1v) is 23.3. The molecule has 0 saturated carbocycles. The summed E-state index contributed by atoms with van der Waals surface area (Å²) in [5.41, 5.74) is 0. The zero-order valence-corrected chi connectivity index (χ0v) is 36.6. The molecular formula is C46H93NO7. The molecule has 0 rings (SSSR count). The molecule has 0 aliphatic rings. The quantitative estimate of drug-likeness (QED) is 0.0359.